The Balaban J connectivity index is 0.00000182. The monoisotopic (exact) mass is 418 g/mol. The minimum absolute atomic E-state index is 0. The van der Waals surface area contributed by atoms with Crippen LogP contribution >= 0.6 is 24.8 Å². The quantitative estimate of drug-likeness (QED) is 0.799. The topological polar surface area (TPSA) is 78.6 Å². The zero-order valence-electron chi connectivity index (χ0n) is 16.4. The third kappa shape index (κ3) is 5.44. The van der Waals surface area contributed by atoms with E-state index < -0.39 is 0 Å². The lowest BCUT2D eigenvalue weighted by molar-refractivity contribution is -0.138. The molecule has 2 aliphatic rings. The van der Waals surface area contributed by atoms with Gasteiger partial charge in [0.25, 0.3) is 0 Å². The maximum atomic E-state index is 12.9. The first kappa shape index (κ1) is 23.9. The van der Waals surface area contributed by atoms with Gasteiger partial charge in [0.1, 0.15) is 0 Å². The average molecular weight is 419 g/mol. The second-order valence-corrected chi connectivity index (χ2v) is 7.89. The zero-order chi connectivity index (χ0) is 18.0. The zero-order valence-corrected chi connectivity index (χ0v) is 18.0. The van der Waals surface area contributed by atoms with Gasteiger partial charge in [-0.25, -0.2) is 9.97 Å². The van der Waals surface area contributed by atoms with E-state index in [1.165, 1.54) is 0 Å². The number of amides is 1. The number of carbonyl (C=O) groups excluding carboxylic acids is 1. The van der Waals surface area contributed by atoms with Crippen LogP contribution in [0, 0.1) is 5.41 Å². The Labute approximate surface area is 174 Å². The van der Waals surface area contributed by atoms with Gasteiger partial charge in [0.05, 0.1) is 6.04 Å². The fraction of sp³-hybridized carbons (Fsp3) is 0.722. The van der Waals surface area contributed by atoms with Crippen LogP contribution < -0.4 is 10.6 Å². The van der Waals surface area contributed by atoms with Crippen LogP contribution in [0.5, 0.6) is 0 Å². The van der Waals surface area contributed by atoms with Crippen molar-refractivity contribution < 1.29 is 4.79 Å². The van der Waals surface area contributed by atoms with E-state index in [4.69, 9.17) is 5.73 Å². The summed E-state index contributed by atoms with van der Waals surface area (Å²) in [6.07, 6.45) is 4.46. The van der Waals surface area contributed by atoms with Gasteiger partial charge in [-0.2, -0.15) is 0 Å². The molecule has 0 spiro atoms. The van der Waals surface area contributed by atoms with E-state index in [-0.39, 0.29) is 48.2 Å². The van der Waals surface area contributed by atoms with Crippen molar-refractivity contribution in [1.29, 1.82) is 0 Å². The summed E-state index contributed by atoms with van der Waals surface area (Å²) in [5.41, 5.74) is 6.28. The standard InChI is InChI=1S/C18H30N6O.2ClH/c1-14(24-8-5-15(19)18(2,3)13-24)16(25)22-9-11-23(12-10-22)17-20-6-4-7-21-17;;/h4,6-7,14-15H,5,8-13,19H2,1-3H3;2*1H. The molecule has 0 aliphatic carbocycles. The predicted molar refractivity (Wildman–Crippen MR) is 113 cm³/mol. The van der Waals surface area contributed by atoms with Crippen LogP contribution in [0.15, 0.2) is 18.5 Å². The molecule has 1 amide bonds. The number of piperidine rings is 1. The minimum Gasteiger partial charge on any atom is -0.338 e. The van der Waals surface area contributed by atoms with E-state index in [2.05, 4.69) is 33.6 Å². The number of hydrogen-bond acceptors (Lipinski definition) is 6. The molecule has 2 saturated heterocycles. The van der Waals surface area contributed by atoms with Crippen molar-refractivity contribution in [3.8, 4) is 0 Å². The fourth-order valence-corrected chi connectivity index (χ4v) is 3.75. The molecule has 2 aliphatic heterocycles. The van der Waals surface area contributed by atoms with E-state index >= 15 is 0 Å². The number of anilines is 1. The van der Waals surface area contributed by atoms with E-state index in [1.807, 2.05) is 17.9 Å². The third-order valence-electron chi connectivity index (χ3n) is 5.67. The molecular formula is C18H32Cl2N6O. The third-order valence-corrected chi connectivity index (χ3v) is 5.67. The van der Waals surface area contributed by atoms with Gasteiger partial charge in [0, 0.05) is 57.7 Å². The summed E-state index contributed by atoms with van der Waals surface area (Å²) in [5, 5.41) is 0. The number of hydrogen-bond donors (Lipinski definition) is 1. The normalized spacial score (nSPS) is 23.8. The molecule has 2 fully saturated rings. The van der Waals surface area contributed by atoms with Crippen molar-refractivity contribution >= 4 is 36.7 Å². The minimum atomic E-state index is -0.0914. The summed E-state index contributed by atoms with van der Waals surface area (Å²) in [4.78, 5) is 27.9. The highest BCUT2D eigenvalue weighted by molar-refractivity contribution is 5.85. The van der Waals surface area contributed by atoms with Crippen LogP contribution in [0.4, 0.5) is 5.95 Å². The summed E-state index contributed by atoms with van der Waals surface area (Å²) in [6, 6.07) is 1.93. The lowest BCUT2D eigenvalue weighted by Crippen LogP contribution is -2.59. The molecule has 0 aromatic carbocycles. The summed E-state index contributed by atoms with van der Waals surface area (Å²) in [6.45, 7) is 11.2. The van der Waals surface area contributed by atoms with E-state index in [0.29, 0.717) is 0 Å². The molecule has 7 nitrogen and oxygen atoms in total. The summed E-state index contributed by atoms with van der Waals surface area (Å²) < 4.78 is 0. The number of nitrogens with zero attached hydrogens (tertiary/aromatic N) is 5. The highest BCUT2D eigenvalue weighted by Crippen LogP contribution is 2.29. The van der Waals surface area contributed by atoms with Gasteiger partial charge in [0.15, 0.2) is 0 Å². The average Bonchev–Trinajstić information content (AvgIpc) is 2.63. The number of aromatic nitrogens is 2. The Kier molecular flexibility index (Phi) is 8.73. The van der Waals surface area contributed by atoms with Crippen molar-refractivity contribution in [1.82, 2.24) is 19.8 Å². The van der Waals surface area contributed by atoms with Crippen molar-refractivity contribution in [3.05, 3.63) is 18.5 Å². The number of rotatable bonds is 3. The Morgan fingerprint density at radius 3 is 2.30 bits per heavy atom. The fourth-order valence-electron chi connectivity index (χ4n) is 3.75. The molecule has 27 heavy (non-hydrogen) atoms. The molecule has 1 aromatic rings. The van der Waals surface area contributed by atoms with Gasteiger partial charge in [-0.1, -0.05) is 13.8 Å². The van der Waals surface area contributed by atoms with Crippen LogP contribution in [0.3, 0.4) is 0 Å². The maximum absolute atomic E-state index is 12.9. The lowest BCUT2D eigenvalue weighted by Gasteiger charge is -2.45. The highest BCUT2D eigenvalue weighted by Gasteiger charge is 2.38. The predicted octanol–water partition coefficient (Wildman–Crippen LogP) is 1.42. The van der Waals surface area contributed by atoms with Crippen LogP contribution in [-0.4, -0.2) is 77.0 Å². The first-order chi connectivity index (χ1) is 11.9. The van der Waals surface area contributed by atoms with Gasteiger partial charge in [-0.15, -0.1) is 24.8 Å². The van der Waals surface area contributed by atoms with Crippen molar-refractivity contribution in [2.45, 2.75) is 39.3 Å². The lowest BCUT2D eigenvalue weighted by atomic mass is 9.79. The maximum Gasteiger partial charge on any atom is 0.239 e. The summed E-state index contributed by atoms with van der Waals surface area (Å²) in [7, 11) is 0. The Morgan fingerprint density at radius 2 is 1.74 bits per heavy atom. The Morgan fingerprint density at radius 1 is 1.15 bits per heavy atom. The summed E-state index contributed by atoms with van der Waals surface area (Å²) >= 11 is 0. The number of carbonyl (C=O) groups is 1. The van der Waals surface area contributed by atoms with Crippen LogP contribution in [0.2, 0.25) is 0 Å². The molecular weight excluding hydrogens is 387 g/mol. The second kappa shape index (κ2) is 9.87. The Hall–Kier alpha value is -1.15. The number of nitrogens with two attached hydrogens (primary N) is 1. The molecule has 9 heteroatoms. The van der Waals surface area contributed by atoms with Gasteiger partial charge in [0.2, 0.25) is 11.9 Å². The first-order valence-corrected chi connectivity index (χ1v) is 9.19. The highest BCUT2D eigenvalue weighted by atomic mass is 35.5. The molecule has 2 N–H and O–H groups in total. The first-order valence-electron chi connectivity index (χ1n) is 9.19. The van der Waals surface area contributed by atoms with Crippen molar-refractivity contribution in [2.24, 2.45) is 11.1 Å². The Bertz CT molecular complexity index is 595. The van der Waals surface area contributed by atoms with Crippen LogP contribution in [-0.2, 0) is 4.79 Å². The van der Waals surface area contributed by atoms with Crippen molar-refractivity contribution in [3.63, 3.8) is 0 Å². The molecule has 1 aromatic heterocycles. The van der Waals surface area contributed by atoms with Crippen LogP contribution in [0.25, 0.3) is 0 Å². The second-order valence-electron chi connectivity index (χ2n) is 7.89. The molecule has 2 unspecified atom stereocenters. The van der Waals surface area contributed by atoms with Gasteiger partial charge in [-0.05, 0) is 24.8 Å². The van der Waals surface area contributed by atoms with Gasteiger partial charge in [-0.3, -0.25) is 9.69 Å². The molecule has 3 rings (SSSR count). The molecule has 0 radical (unpaired) electrons. The van der Waals surface area contributed by atoms with Gasteiger partial charge >= 0.3 is 0 Å². The number of piperazine rings is 1. The van der Waals surface area contributed by atoms with Gasteiger partial charge < -0.3 is 15.5 Å². The van der Waals surface area contributed by atoms with Crippen molar-refractivity contribution in [2.75, 3.05) is 44.2 Å². The largest absolute Gasteiger partial charge is 0.338 e. The summed E-state index contributed by atoms with van der Waals surface area (Å²) in [5.74, 6) is 0.967. The molecule has 0 saturated carbocycles. The SMILES string of the molecule is CC(C(=O)N1CCN(c2ncccn2)CC1)N1CCC(N)C(C)(C)C1.Cl.Cl. The van der Waals surface area contributed by atoms with E-state index in [0.717, 1.165) is 51.6 Å². The van der Waals surface area contributed by atoms with E-state index in [9.17, 15) is 4.79 Å². The smallest absolute Gasteiger partial charge is 0.239 e. The van der Waals surface area contributed by atoms with E-state index in [1.54, 1.807) is 12.4 Å². The van der Waals surface area contributed by atoms with Crippen LogP contribution in [0.1, 0.15) is 27.2 Å². The molecule has 0 bridgehead atoms. The number of halogens is 2. The molecule has 3 heterocycles. The molecule has 154 valence electrons. The number of likely N-dealkylation sites (tertiary alicyclic amines) is 1. The molecule has 2 atom stereocenters.